The summed E-state index contributed by atoms with van der Waals surface area (Å²) in [6.07, 6.45) is 12.5. The molecule has 18 heavy (non-hydrogen) atoms. The average molecular weight is 322 g/mol. The molecular formula is C16H25BrMg. The molecule has 1 rings (SSSR count). The Morgan fingerprint density at radius 3 is 1.94 bits per heavy atom. The zero-order valence-corrected chi connectivity index (χ0v) is 14.8. The molecule has 0 aliphatic carbocycles. The summed E-state index contributed by atoms with van der Waals surface area (Å²) in [6.45, 7) is 2.28. The molecule has 0 N–H and O–H groups in total. The third kappa shape index (κ3) is 7.80. The summed E-state index contributed by atoms with van der Waals surface area (Å²) < 4.78 is 1.51. The lowest BCUT2D eigenvalue weighted by Crippen LogP contribution is -2.06. The Labute approximate surface area is 129 Å². The maximum atomic E-state index is 3.62. The molecule has 1 aromatic rings. The summed E-state index contributed by atoms with van der Waals surface area (Å²) in [5, 5.41) is 0. The number of hydrogen-bond donors (Lipinski definition) is 0. The van der Waals surface area contributed by atoms with Crippen LogP contribution in [0, 0.1) is 0 Å². The Morgan fingerprint density at radius 2 is 1.39 bits per heavy atom. The van der Waals surface area contributed by atoms with Crippen molar-refractivity contribution in [1.29, 1.82) is 0 Å². The van der Waals surface area contributed by atoms with E-state index < -0.39 is 0 Å². The molecule has 0 fully saturated rings. The van der Waals surface area contributed by atoms with E-state index in [0.29, 0.717) is 0 Å². The molecule has 0 atom stereocenters. The number of unbranched alkanes of at least 4 members (excludes halogenated alkanes) is 7. The fraction of sp³-hybridized carbons (Fsp3) is 0.625. The highest BCUT2D eigenvalue weighted by Crippen LogP contribution is 2.10. The average Bonchev–Trinajstić information content (AvgIpc) is 2.42. The van der Waals surface area contributed by atoms with E-state index in [0.717, 1.165) is 0 Å². The Bertz CT molecular complexity index is 294. The number of benzene rings is 1. The lowest BCUT2D eigenvalue weighted by molar-refractivity contribution is 0.575. The van der Waals surface area contributed by atoms with Crippen LogP contribution in [0.5, 0.6) is 0 Å². The largest absolute Gasteiger partial charge is 0.506 e. The van der Waals surface area contributed by atoms with Crippen molar-refractivity contribution in [2.75, 3.05) is 0 Å². The van der Waals surface area contributed by atoms with E-state index in [9.17, 15) is 0 Å². The lowest BCUT2D eigenvalue weighted by Gasteiger charge is -2.03. The van der Waals surface area contributed by atoms with Crippen molar-refractivity contribution in [3.05, 3.63) is 29.8 Å². The number of aryl methyl sites for hydroxylation is 1. The molecule has 0 heterocycles. The minimum Gasteiger partial charge on any atom is -0.296 e. The zero-order chi connectivity index (χ0) is 13.1. The van der Waals surface area contributed by atoms with Crippen LogP contribution < -0.4 is 3.69 Å². The van der Waals surface area contributed by atoms with Gasteiger partial charge in [0.1, 0.15) is 0 Å². The van der Waals surface area contributed by atoms with Crippen molar-refractivity contribution in [2.45, 2.75) is 64.7 Å². The second-order valence-electron chi connectivity index (χ2n) is 5.18. The fourth-order valence-electron chi connectivity index (χ4n) is 2.26. The highest BCUT2D eigenvalue weighted by molar-refractivity contribution is 9.23. The van der Waals surface area contributed by atoms with Crippen LogP contribution in [0.15, 0.2) is 24.3 Å². The standard InChI is InChI=1S/C16H25.BrH.Mg/c1-2-3-4-5-6-7-8-10-13-16-14-11-9-12-15-16;;/h11-12,14-15H,2-8,10,13H2,1H3;1H;/q;;+1/p-1. The third-order valence-corrected chi connectivity index (χ3v) is 6.22. The summed E-state index contributed by atoms with van der Waals surface area (Å²) in [6, 6.07) is 9.21. The van der Waals surface area contributed by atoms with Crippen LogP contribution in [-0.2, 0) is 6.42 Å². The first kappa shape index (κ1) is 16.5. The van der Waals surface area contributed by atoms with Crippen molar-refractivity contribution >= 4 is 34.8 Å². The van der Waals surface area contributed by atoms with E-state index in [1.165, 1.54) is 67.0 Å². The SMILES string of the molecule is CCCCCCCCCCc1cc[c]([Mg][Br])cc1. The molecular weight excluding hydrogens is 296 g/mol. The first-order valence-corrected chi connectivity index (χ1v) is 12.1. The van der Waals surface area contributed by atoms with Crippen LogP contribution in [0.3, 0.4) is 0 Å². The molecule has 98 valence electrons. The molecule has 2 heteroatoms. The van der Waals surface area contributed by atoms with E-state index in [1.807, 2.05) is 0 Å². The van der Waals surface area contributed by atoms with Crippen molar-refractivity contribution in [3.8, 4) is 0 Å². The van der Waals surface area contributed by atoms with Gasteiger partial charge in [0.25, 0.3) is 0 Å². The first-order valence-electron chi connectivity index (χ1n) is 7.50. The monoisotopic (exact) mass is 320 g/mol. The van der Waals surface area contributed by atoms with Crippen molar-refractivity contribution in [1.82, 2.24) is 0 Å². The maximum absolute atomic E-state index is 3.62. The fourth-order valence-corrected chi connectivity index (χ4v) is 3.79. The van der Waals surface area contributed by atoms with Gasteiger partial charge < -0.3 is 0 Å². The predicted octanol–water partition coefficient (Wildman–Crippen LogP) is 5.01. The Kier molecular flexibility index (Phi) is 10.4. The summed E-state index contributed by atoms with van der Waals surface area (Å²) >= 11 is 3.47. The van der Waals surface area contributed by atoms with Gasteiger partial charge in [-0.2, -0.15) is 3.69 Å². The number of hydrogen-bond acceptors (Lipinski definition) is 0. The molecule has 0 bridgehead atoms. The lowest BCUT2D eigenvalue weighted by atomic mass is 10.0. The summed E-state index contributed by atoms with van der Waals surface area (Å²) in [5.74, 6) is 0. The number of rotatable bonds is 10. The second kappa shape index (κ2) is 11.3. The molecule has 0 aromatic heterocycles. The zero-order valence-electron chi connectivity index (χ0n) is 11.8. The van der Waals surface area contributed by atoms with Gasteiger partial charge in [0, 0.05) is 0 Å². The van der Waals surface area contributed by atoms with Crippen molar-refractivity contribution < 1.29 is 0 Å². The molecule has 0 nitrogen and oxygen atoms in total. The van der Waals surface area contributed by atoms with Gasteiger partial charge in [0.2, 0.25) is 0 Å². The highest BCUT2D eigenvalue weighted by Gasteiger charge is 1.97. The first-order chi connectivity index (χ1) is 8.86. The van der Waals surface area contributed by atoms with Crippen LogP contribution in [0.25, 0.3) is 0 Å². The van der Waals surface area contributed by atoms with Crippen molar-refractivity contribution in [3.63, 3.8) is 0 Å². The summed E-state index contributed by atoms with van der Waals surface area (Å²) in [4.78, 5) is 0. The molecule has 1 aromatic carbocycles. The Hall–Kier alpha value is 0.466. The van der Waals surface area contributed by atoms with Gasteiger partial charge in [0.05, 0.1) is 0 Å². The highest BCUT2D eigenvalue weighted by atomic mass is 79.9. The van der Waals surface area contributed by atoms with E-state index >= 15 is 0 Å². The van der Waals surface area contributed by atoms with Crippen LogP contribution in [-0.4, -0.2) is 18.2 Å². The van der Waals surface area contributed by atoms with Gasteiger partial charge >= 0.3 is 18.2 Å². The Balaban J connectivity index is 2.00. The molecule has 0 unspecified atom stereocenters. The van der Waals surface area contributed by atoms with E-state index in [1.54, 1.807) is 0 Å². The smallest absolute Gasteiger partial charge is 0.296 e. The van der Waals surface area contributed by atoms with Gasteiger partial charge in [-0.25, -0.2) is 0 Å². The minimum absolute atomic E-state index is 0.150. The Morgan fingerprint density at radius 1 is 0.833 bits per heavy atom. The van der Waals surface area contributed by atoms with Gasteiger partial charge in [0.15, 0.2) is 0 Å². The molecule has 0 aliphatic rings. The van der Waals surface area contributed by atoms with Gasteiger partial charge in [-0.1, -0.05) is 76.1 Å². The molecule has 0 amide bonds. The van der Waals surface area contributed by atoms with E-state index in [-0.39, 0.29) is 18.2 Å². The van der Waals surface area contributed by atoms with Crippen LogP contribution in [0.2, 0.25) is 0 Å². The van der Waals surface area contributed by atoms with E-state index in [4.69, 9.17) is 0 Å². The van der Waals surface area contributed by atoms with Gasteiger partial charge in [-0.15, -0.1) is 0 Å². The molecule has 0 saturated carbocycles. The summed E-state index contributed by atoms with van der Waals surface area (Å²) in [5.41, 5.74) is 1.51. The quantitative estimate of drug-likeness (QED) is 0.420. The molecule has 0 aliphatic heterocycles. The predicted molar refractivity (Wildman–Crippen MR) is 87.1 cm³/mol. The van der Waals surface area contributed by atoms with Gasteiger partial charge in [-0.3, -0.25) is 12.9 Å². The van der Waals surface area contributed by atoms with E-state index in [2.05, 4.69) is 44.1 Å². The van der Waals surface area contributed by atoms with Gasteiger partial charge in [-0.05, 0) is 18.4 Å². The second-order valence-corrected chi connectivity index (χ2v) is 7.94. The third-order valence-electron chi connectivity index (χ3n) is 3.50. The molecule has 0 spiro atoms. The normalized spacial score (nSPS) is 10.3. The molecule has 0 radical (unpaired) electrons. The van der Waals surface area contributed by atoms with Crippen LogP contribution >= 0.6 is 12.9 Å². The van der Waals surface area contributed by atoms with Crippen molar-refractivity contribution in [2.24, 2.45) is 0 Å². The molecule has 0 saturated heterocycles. The van der Waals surface area contributed by atoms with Crippen LogP contribution in [0.1, 0.15) is 63.9 Å². The van der Waals surface area contributed by atoms with Crippen LogP contribution in [0.4, 0.5) is 0 Å². The minimum atomic E-state index is -0.150. The summed E-state index contributed by atoms with van der Waals surface area (Å²) in [7, 11) is 0. The topological polar surface area (TPSA) is 0 Å². The number of halogens is 1. The maximum Gasteiger partial charge on any atom is 0.506 e.